The summed E-state index contributed by atoms with van der Waals surface area (Å²) in [5.74, 6) is -0.248. The van der Waals surface area contributed by atoms with Gasteiger partial charge in [0.25, 0.3) is 0 Å². The lowest BCUT2D eigenvalue weighted by molar-refractivity contribution is -0.140. The summed E-state index contributed by atoms with van der Waals surface area (Å²) in [6, 6.07) is 12.9. The monoisotopic (exact) mass is 414 g/mol. The van der Waals surface area contributed by atoms with Crippen LogP contribution in [-0.2, 0) is 22.6 Å². The van der Waals surface area contributed by atoms with Crippen LogP contribution >= 0.6 is 11.6 Å². The minimum atomic E-state index is -0.594. The molecule has 0 heterocycles. The second kappa shape index (κ2) is 9.45. The molecule has 2 amide bonds. The average molecular weight is 415 g/mol. The Morgan fingerprint density at radius 3 is 2.07 bits per heavy atom. The third-order valence-corrected chi connectivity index (χ3v) is 4.82. The summed E-state index contributed by atoms with van der Waals surface area (Å²) in [6.45, 7) is 11.9. The first-order valence-electron chi connectivity index (χ1n) is 9.88. The van der Waals surface area contributed by atoms with Crippen LogP contribution in [-0.4, -0.2) is 28.3 Å². The second-order valence-electron chi connectivity index (χ2n) is 8.74. The average Bonchev–Trinajstić information content (AvgIpc) is 2.58. The van der Waals surface area contributed by atoms with E-state index in [1.54, 1.807) is 24.0 Å². The van der Waals surface area contributed by atoms with Gasteiger partial charge in [0, 0.05) is 17.1 Å². The number of rotatable bonds is 6. The Hall–Kier alpha value is -2.33. The van der Waals surface area contributed by atoms with Gasteiger partial charge in [-0.1, -0.05) is 53.1 Å². The summed E-state index contributed by atoms with van der Waals surface area (Å²) in [6.07, 6.45) is 0.253. The molecule has 5 heteroatoms. The number of carbonyl (C=O) groups is 2. The number of carbonyl (C=O) groups excluding carboxylic acids is 2. The third kappa shape index (κ3) is 7.21. The Balaban J connectivity index is 2.27. The molecular formula is C24H31ClN2O2. The zero-order valence-electron chi connectivity index (χ0n) is 18.2. The third-order valence-electron chi connectivity index (χ3n) is 4.57. The molecule has 156 valence electrons. The van der Waals surface area contributed by atoms with Gasteiger partial charge in [-0.3, -0.25) is 9.59 Å². The molecule has 0 aliphatic heterocycles. The van der Waals surface area contributed by atoms with Crippen LogP contribution in [0.2, 0.25) is 5.02 Å². The molecule has 1 atom stereocenters. The molecule has 0 aromatic heterocycles. The molecule has 0 aliphatic carbocycles. The lowest BCUT2D eigenvalue weighted by Gasteiger charge is -2.31. The van der Waals surface area contributed by atoms with Crippen LogP contribution in [0.25, 0.3) is 0 Å². The van der Waals surface area contributed by atoms with Crippen LogP contribution in [0.15, 0.2) is 42.5 Å². The van der Waals surface area contributed by atoms with E-state index in [0.717, 1.165) is 22.3 Å². The highest BCUT2D eigenvalue weighted by Gasteiger charge is 2.28. The molecule has 4 nitrogen and oxygen atoms in total. The van der Waals surface area contributed by atoms with E-state index in [1.165, 1.54) is 0 Å². The maximum atomic E-state index is 13.2. The van der Waals surface area contributed by atoms with E-state index >= 15 is 0 Å². The van der Waals surface area contributed by atoms with Crippen molar-refractivity contribution in [2.45, 2.75) is 66.1 Å². The molecule has 0 spiro atoms. The van der Waals surface area contributed by atoms with Crippen molar-refractivity contribution in [2.75, 3.05) is 0 Å². The fraction of sp³-hybridized carbons (Fsp3) is 0.417. The molecule has 0 unspecified atom stereocenters. The van der Waals surface area contributed by atoms with E-state index in [4.69, 9.17) is 11.6 Å². The van der Waals surface area contributed by atoms with Crippen molar-refractivity contribution in [2.24, 2.45) is 0 Å². The lowest BCUT2D eigenvalue weighted by atomic mass is 10.0. The van der Waals surface area contributed by atoms with Crippen LogP contribution in [0, 0.1) is 13.8 Å². The minimum Gasteiger partial charge on any atom is -0.350 e. The quantitative estimate of drug-likeness (QED) is 0.735. The second-order valence-corrected chi connectivity index (χ2v) is 9.17. The van der Waals surface area contributed by atoms with Crippen LogP contribution in [0.5, 0.6) is 0 Å². The highest BCUT2D eigenvalue weighted by atomic mass is 35.5. The van der Waals surface area contributed by atoms with Crippen LogP contribution < -0.4 is 5.32 Å². The highest BCUT2D eigenvalue weighted by Crippen LogP contribution is 2.17. The van der Waals surface area contributed by atoms with Crippen molar-refractivity contribution in [3.63, 3.8) is 0 Å². The number of nitrogens with one attached hydrogen (secondary N) is 1. The van der Waals surface area contributed by atoms with E-state index in [9.17, 15) is 9.59 Å². The van der Waals surface area contributed by atoms with Crippen molar-refractivity contribution in [1.82, 2.24) is 10.2 Å². The number of halogens is 1. The number of hydrogen-bond donors (Lipinski definition) is 1. The van der Waals surface area contributed by atoms with E-state index in [-0.39, 0.29) is 23.8 Å². The summed E-state index contributed by atoms with van der Waals surface area (Å²) in [4.78, 5) is 27.7. The van der Waals surface area contributed by atoms with E-state index in [1.807, 2.05) is 58.9 Å². The predicted molar refractivity (Wildman–Crippen MR) is 119 cm³/mol. The van der Waals surface area contributed by atoms with Gasteiger partial charge in [-0.05, 0) is 64.8 Å². The molecule has 0 bridgehead atoms. The van der Waals surface area contributed by atoms with Crippen molar-refractivity contribution < 1.29 is 9.59 Å². The first-order chi connectivity index (χ1) is 13.4. The number of amides is 2. The van der Waals surface area contributed by atoms with Gasteiger partial charge in [0.1, 0.15) is 6.04 Å². The largest absolute Gasteiger partial charge is 0.350 e. The molecule has 29 heavy (non-hydrogen) atoms. The SMILES string of the molecule is Cc1cc(C)cc(CC(=O)N(Cc2ccc(Cl)cc2)[C@H](C)C(=O)NC(C)(C)C)c1. The summed E-state index contributed by atoms with van der Waals surface area (Å²) < 4.78 is 0. The minimum absolute atomic E-state index is 0.0819. The maximum absolute atomic E-state index is 13.2. The van der Waals surface area contributed by atoms with Crippen LogP contribution in [0.4, 0.5) is 0 Å². The molecule has 0 saturated carbocycles. The fourth-order valence-corrected chi connectivity index (χ4v) is 3.42. The van der Waals surface area contributed by atoms with Gasteiger partial charge >= 0.3 is 0 Å². The van der Waals surface area contributed by atoms with E-state index in [2.05, 4.69) is 11.4 Å². The first kappa shape index (κ1) is 23.0. The van der Waals surface area contributed by atoms with Crippen molar-refractivity contribution in [3.8, 4) is 0 Å². The van der Waals surface area contributed by atoms with Crippen LogP contribution in [0.1, 0.15) is 49.9 Å². The van der Waals surface area contributed by atoms with Gasteiger partial charge < -0.3 is 10.2 Å². The number of hydrogen-bond acceptors (Lipinski definition) is 2. The lowest BCUT2D eigenvalue weighted by Crippen LogP contribution is -2.52. The molecule has 2 aromatic carbocycles. The summed E-state index contributed by atoms with van der Waals surface area (Å²) in [5.41, 5.74) is 3.76. The number of benzene rings is 2. The van der Waals surface area contributed by atoms with Gasteiger partial charge in [-0.15, -0.1) is 0 Å². The molecule has 0 radical (unpaired) electrons. The molecule has 0 aliphatic rings. The Labute approximate surface area is 179 Å². The molecule has 0 fully saturated rings. The van der Waals surface area contributed by atoms with E-state index in [0.29, 0.717) is 11.6 Å². The summed E-state index contributed by atoms with van der Waals surface area (Å²) >= 11 is 5.99. The van der Waals surface area contributed by atoms with Gasteiger partial charge in [0.15, 0.2) is 0 Å². The van der Waals surface area contributed by atoms with Crippen molar-refractivity contribution >= 4 is 23.4 Å². The summed E-state index contributed by atoms with van der Waals surface area (Å²) in [5, 5.41) is 3.62. The van der Waals surface area contributed by atoms with Gasteiger partial charge in [-0.2, -0.15) is 0 Å². The Kier molecular flexibility index (Phi) is 7.48. The Morgan fingerprint density at radius 2 is 1.55 bits per heavy atom. The standard InChI is InChI=1S/C24H31ClN2O2/c1-16-11-17(2)13-20(12-16)14-22(28)27(15-19-7-9-21(25)10-8-19)18(3)23(29)26-24(4,5)6/h7-13,18H,14-15H2,1-6H3,(H,26,29)/t18-/m1/s1. The zero-order valence-corrected chi connectivity index (χ0v) is 18.9. The summed E-state index contributed by atoms with van der Waals surface area (Å²) in [7, 11) is 0. The molecule has 2 aromatic rings. The van der Waals surface area contributed by atoms with Gasteiger partial charge in [0.05, 0.1) is 6.42 Å². The topological polar surface area (TPSA) is 49.4 Å². The molecule has 1 N–H and O–H groups in total. The molecule has 0 saturated heterocycles. The number of nitrogens with zero attached hydrogens (tertiary/aromatic N) is 1. The maximum Gasteiger partial charge on any atom is 0.242 e. The van der Waals surface area contributed by atoms with E-state index < -0.39 is 6.04 Å². The number of aryl methyl sites for hydroxylation is 2. The predicted octanol–water partition coefficient (Wildman–Crippen LogP) is 4.83. The smallest absolute Gasteiger partial charge is 0.242 e. The zero-order chi connectivity index (χ0) is 21.8. The van der Waals surface area contributed by atoms with Crippen LogP contribution in [0.3, 0.4) is 0 Å². The first-order valence-corrected chi connectivity index (χ1v) is 10.3. The molecular weight excluding hydrogens is 384 g/mol. The normalized spacial score (nSPS) is 12.4. The fourth-order valence-electron chi connectivity index (χ4n) is 3.29. The van der Waals surface area contributed by atoms with Gasteiger partial charge in [0.2, 0.25) is 11.8 Å². The van der Waals surface area contributed by atoms with Gasteiger partial charge in [-0.25, -0.2) is 0 Å². The Morgan fingerprint density at radius 1 is 1.00 bits per heavy atom. The Bertz CT molecular complexity index is 849. The van der Waals surface area contributed by atoms with Crippen molar-refractivity contribution in [1.29, 1.82) is 0 Å². The molecule has 2 rings (SSSR count). The highest BCUT2D eigenvalue weighted by molar-refractivity contribution is 6.30. The van der Waals surface area contributed by atoms with Crippen molar-refractivity contribution in [3.05, 3.63) is 69.7 Å².